The molecule has 2 N–H and O–H groups in total. The molecule has 3 nitrogen and oxygen atoms in total. The quantitative estimate of drug-likeness (QED) is 0.731. The molecule has 0 spiro atoms. The molecule has 0 fully saturated rings. The first-order chi connectivity index (χ1) is 7.14. The van der Waals surface area contributed by atoms with Crippen molar-refractivity contribution in [1.82, 2.24) is 5.32 Å². The van der Waals surface area contributed by atoms with E-state index in [1.807, 2.05) is 0 Å². The Morgan fingerprint density at radius 2 is 2.20 bits per heavy atom. The number of aliphatic hydroxyl groups excluding tert-OH is 1. The molecule has 0 saturated heterocycles. The molecule has 15 heavy (non-hydrogen) atoms. The third kappa shape index (κ3) is 5.17. The Kier molecular flexibility index (Phi) is 5.09. The number of rotatable bonds is 5. The monoisotopic (exact) mass is 212 g/mol. The summed E-state index contributed by atoms with van der Waals surface area (Å²) in [6.45, 7) is 6.72. The predicted molar refractivity (Wildman–Crippen MR) is 64.3 cm³/mol. The van der Waals surface area contributed by atoms with Gasteiger partial charge in [-0.3, -0.25) is 4.99 Å². The predicted octanol–water partition coefficient (Wildman–Crippen LogP) is 1.96. The lowest BCUT2D eigenvalue weighted by atomic mass is 9.88. The van der Waals surface area contributed by atoms with Gasteiger partial charge in [0.2, 0.25) is 0 Å². The number of amidine groups is 1. The SMILES string of the molecule is CC(C)(CCCO)CNC1=NCCCC1. The van der Waals surface area contributed by atoms with Gasteiger partial charge in [0.15, 0.2) is 0 Å². The van der Waals surface area contributed by atoms with E-state index in [9.17, 15) is 0 Å². The van der Waals surface area contributed by atoms with Crippen molar-refractivity contribution >= 4 is 5.84 Å². The first-order valence-corrected chi connectivity index (χ1v) is 6.02. The molecular formula is C12H24N2O. The largest absolute Gasteiger partial charge is 0.396 e. The summed E-state index contributed by atoms with van der Waals surface area (Å²) in [5, 5.41) is 12.2. The van der Waals surface area contributed by atoms with Gasteiger partial charge in [0.25, 0.3) is 0 Å². The van der Waals surface area contributed by atoms with Crippen LogP contribution in [0.15, 0.2) is 4.99 Å². The maximum Gasteiger partial charge on any atom is 0.0963 e. The van der Waals surface area contributed by atoms with Gasteiger partial charge in [-0.1, -0.05) is 13.8 Å². The van der Waals surface area contributed by atoms with Crippen LogP contribution in [0.1, 0.15) is 46.0 Å². The highest BCUT2D eigenvalue weighted by atomic mass is 16.2. The van der Waals surface area contributed by atoms with E-state index >= 15 is 0 Å². The van der Waals surface area contributed by atoms with Crippen LogP contribution in [0, 0.1) is 5.41 Å². The van der Waals surface area contributed by atoms with Crippen molar-refractivity contribution in [2.45, 2.75) is 46.0 Å². The van der Waals surface area contributed by atoms with Crippen LogP contribution in [0.2, 0.25) is 0 Å². The zero-order valence-electron chi connectivity index (χ0n) is 10.1. The fourth-order valence-electron chi connectivity index (χ4n) is 1.83. The summed E-state index contributed by atoms with van der Waals surface area (Å²) in [7, 11) is 0. The lowest BCUT2D eigenvalue weighted by Gasteiger charge is -2.26. The fraction of sp³-hybridized carbons (Fsp3) is 0.917. The van der Waals surface area contributed by atoms with Crippen LogP contribution in [-0.4, -0.2) is 30.6 Å². The van der Waals surface area contributed by atoms with Crippen LogP contribution >= 0.6 is 0 Å². The molecule has 1 aliphatic rings. The minimum atomic E-state index is 0.253. The summed E-state index contributed by atoms with van der Waals surface area (Å²) >= 11 is 0. The Hall–Kier alpha value is -0.570. The molecule has 88 valence electrons. The van der Waals surface area contributed by atoms with Gasteiger partial charge < -0.3 is 10.4 Å². The van der Waals surface area contributed by atoms with Gasteiger partial charge in [-0.2, -0.15) is 0 Å². The molecule has 0 radical (unpaired) electrons. The topological polar surface area (TPSA) is 44.6 Å². The molecule has 3 heteroatoms. The Labute approximate surface area is 93.0 Å². The smallest absolute Gasteiger partial charge is 0.0963 e. The van der Waals surface area contributed by atoms with Crippen LogP contribution in [0.3, 0.4) is 0 Å². The fourth-order valence-corrected chi connectivity index (χ4v) is 1.83. The summed E-state index contributed by atoms with van der Waals surface area (Å²) in [4.78, 5) is 4.47. The van der Waals surface area contributed by atoms with E-state index in [2.05, 4.69) is 24.2 Å². The lowest BCUT2D eigenvalue weighted by molar-refractivity contribution is 0.241. The summed E-state index contributed by atoms with van der Waals surface area (Å²) in [6.07, 6.45) is 5.56. The van der Waals surface area contributed by atoms with Crippen molar-refractivity contribution in [3.8, 4) is 0 Å². The molecule has 1 heterocycles. The van der Waals surface area contributed by atoms with E-state index in [0.29, 0.717) is 6.61 Å². The van der Waals surface area contributed by atoms with E-state index in [-0.39, 0.29) is 5.41 Å². The van der Waals surface area contributed by atoms with E-state index in [4.69, 9.17) is 5.11 Å². The Bertz CT molecular complexity index is 212. The third-order valence-electron chi connectivity index (χ3n) is 2.91. The summed E-state index contributed by atoms with van der Waals surface area (Å²) < 4.78 is 0. The average molecular weight is 212 g/mol. The number of nitrogens with one attached hydrogen (secondary N) is 1. The molecule has 0 saturated carbocycles. The van der Waals surface area contributed by atoms with Crippen molar-refractivity contribution in [1.29, 1.82) is 0 Å². The van der Waals surface area contributed by atoms with E-state index in [1.54, 1.807) is 0 Å². The highest BCUT2D eigenvalue weighted by Crippen LogP contribution is 2.21. The molecule has 0 atom stereocenters. The van der Waals surface area contributed by atoms with Gasteiger partial charge >= 0.3 is 0 Å². The second-order valence-corrected chi connectivity index (χ2v) is 5.13. The molecule has 1 aliphatic heterocycles. The minimum absolute atomic E-state index is 0.253. The van der Waals surface area contributed by atoms with Crippen molar-refractivity contribution < 1.29 is 5.11 Å². The first-order valence-electron chi connectivity index (χ1n) is 6.02. The van der Waals surface area contributed by atoms with Gasteiger partial charge in [0.05, 0.1) is 5.84 Å². The van der Waals surface area contributed by atoms with Crippen LogP contribution in [0.4, 0.5) is 0 Å². The molecule has 0 aliphatic carbocycles. The van der Waals surface area contributed by atoms with Gasteiger partial charge in [-0.25, -0.2) is 0 Å². The Morgan fingerprint density at radius 1 is 1.40 bits per heavy atom. The van der Waals surface area contributed by atoms with Crippen LogP contribution in [0.25, 0.3) is 0 Å². The van der Waals surface area contributed by atoms with Crippen molar-refractivity contribution in [3.05, 3.63) is 0 Å². The molecule has 0 unspecified atom stereocenters. The van der Waals surface area contributed by atoms with E-state index in [0.717, 1.165) is 32.4 Å². The average Bonchev–Trinajstić information content (AvgIpc) is 2.25. The van der Waals surface area contributed by atoms with Crippen molar-refractivity contribution in [2.75, 3.05) is 19.7 Å². The molecule has 0 amide bonds. The Morgan fingerprint density at radius 3 is 2.80 bits per heavy atom. The number of hydrogen-bond donors (Lipinski definition) is 2. The van der Waals surface area contributed by atoms with E-state index < -0.39 is 0 Å². The number of aliphatic imine (C=N–C) groups is 1. The molecule has 0 aromatic rings. The number of aliphatic hydroxyl groups is 1. The highest BCUT2D eigenvalue weighted by Gasteiger charge is 2.17. The third-order valence-corrected chi connectivity index (χ3v) is 2.91. The zero-order chi connectivity index (χ0) is 11.1. The van der Waals surface area contributed by atoms with Gasteiger partial charge in [-0.15, -0.1) is 0 Å². The second kappa shape index (κ2) is 6.11. The standard InChI is InChI=1S/C12H24N2O/c1-12(2,7-5-9-15)10-14-11-6-3-4-8-13-11/h15H,3-10H2,1-2H3,(H,13,14). The summed E-state index contributed by atoms with van der Waals surface area (Å²) in [5.41, 5.74) is 0.253. The van der Waals surface area contributed by atoms with Crippen molar-refractivity contribution in [2.24, 2.45) is 10.4 Å². The molecular weight excluding hydrogens is 188 g/mol. The lowest BCUT2D eigenvalue weighted by Crippen LogP contribution is -2.35. The van der Waals surface area contributed by atoms with Crippen LogP contribution in [-0.2, 0) is 0 Å². The summed E-state index contributed by atoms with van der Waals surface area (Å²) in [5.74, 6) is 1.18. The minimum Gasteiger partial charge on any atom is -0.396 e. The highest BCUT2D eigenvalue weighted by molar-refractivity contribution is 5.82. The maximum absolute atomic E-state index is 8.80. The molecule has 1 rings (SSSR count). The van der Waals surface area contributed by atoms with E-state index in [1.165, 1.54) is 18.7 Å². The van der Waals surface area contributed by atoms with Gasteiger partial charge in [-0.05, 0) is 31.1 Å². The van der Waals surface area contributed by atoms with Crippen molar-refractivity contribution in [3.63, 3.8) is 0 Å². The molecule has 0 aromatic carbocycles. The van der Waals surface area contributed by atoms with Crippen LogP contribution < -0.4 is 5.32 Å². The Balaban J connectivity index is 2.25. The number of nitrogens with zero attached hydrogens (tertiary/aromatic N) is 1. The zero-order valence-corrected chi connectivity index (χ0v) is 10.1. The molecule has 0 aromatic heterocycles. The number of hydrogen-bond acceptors (Lipinski definition) is 3. The normalized spacial score (nSPS) is 17.4. The van der Waals surface area contributed by atoms with Gasteiger partial charge in [0.1, 0.15) is 0 Å². The second-order valence-electron chi connectivity index (χ2n) is 5.13. The summed E-state index contributed by atoms with van der Waals surface area (Å²) in [6, 6.07) is 0. The molecule has 0 bridgehead atoms. The van der Waals surface area contributed by atoms with Crippen LogP contribution in [0.5, 0.6) is 0 Å². The van der Waals surface area contributed by atoms with Gasteiger partial charge in [0, 0.05) is 26.1 Å². The first kappa shape index (κ1) is 12.5. The maximum atomic E-state index is 8.80.